The Morgan fingerprint density at radius 1 is 1.18 bits per heavy atom. The molecule has 0 aliphatic rings. The summed E-state index contributed by atoms with van der Waals surface area (Å²) in [6.07, 6.45) is -0.371. The molecule has 0 saturated carbocycles. The molecule has 0 heterocycles. The Labute approximate surface area is 109 Å². The van der Waals surface area contributed by atoms with Crippen molar-refractivity contribution in [3.63, 3.8) is 0 Å². The standard InChI is InChI=1S/C14H23NOS/c1-4-15(5-2)10-11-17-14-8-6-13(7-9-14)12(3)16/h6-9,12,16H,4-5,10-11H2,1-3H3/t12-/m0/s1. The minimum Gasteiger partial charge on any atom is -0.389 e. The Morgan fingerprint density at radius 3 is 2.24 bits per heavy atom. The molecule has 0 bridgehead atoms. The van der Waals surface area contributed by atoms with Crippen LogP contribution in [0.3, 0.4) is 0 Å². The fraction of sp³-hybridized carbons (Fsp3) is 0.571. The summed E-state index contributed by atoms with van der Waals surface area (Å²) in [5, 5.41) is 9.41. The average Bonchev–Trinajstić information content (AvgIpc) is 2.35. The Balaban J connectivity index is 2.37. The van der Waals surface area contributed by atoms with E-state index in [0.29, 0.717) is 0 Å². The maximum atomic E-state index is 9.41. The molecule has 0 spiro atoms. The largest absolute Gasteiger partial charge is 0.389 e. The van der Waals surface area contributed by atoms with Gasteiger partial charge in [0.1, 0.15) is 0 Å². The van der Waals surface area contributed by atoms with Gasteiger partial charge in [0, 0.05) is 17.2 Å². The SMILES string of the molecule is CCN(CC)CCSc1ccc([C@H](C)O)cc1. The lowest BCUT2D eigenvalue weighted by atomic mass is 10.1. The molecule has 0 fully saturated rings. The number of hydrogen-bond acceptors (Lipinski definition) is 3. The molecular weight excluding hydrogens is 230 g/mol. The van der Waals surface area contributed by atoms with Crippen LogP contribution in [0.25, 0.3) is 0 Å². The lowest BCUT2D eigenvalue weighted by Crippen LogP contribution is -2.25. The van der Waals surface area contributed by atoms with Crippen LogP contribution in [0, 0.1) is 0 Å². The van der Waals surface area contributed by atoms with Crippen molar-refractivity contribution in [1.82, 2.24) is 4.90 Å². The van der Waals surface area contributed by atoms with Gasteiger partial charge in [0.15, 0.2) is 0 Å². The second kappa shape index (κ2) is 7.75. The van der Waals surface area contributed by atoms with Gasteiger partial charge in [-0.15, -0.1) is 11.8 Å². The number of rotatable bonds is 7. The number of benzene rings is 1. The molecular formula is C14H23NOS. The predicted octanol–water partition coefficient (Wildman–Crippen LogP) is 3.17. The molecule has 1 aromatic carbocycles. The van der Waals surface area contributed by atoms with E-state index in [-0.39, 0.29) is 6.10 Å². The van der Waals surface area contributed by atoms with Crippen LogP contribution in [0.2, 0.25) is 0 Å². The molecule has 1 N–H and O–H groups in total. The number of aliphatic hydroxyl groups excluding tert-OH is 1. The lowest BCUT2D eigenvalue weighted by Gasteiger charge is -2.17. The first kappa shape index (κ1) is 14.6. The fourth-order valence-corrected chi connectivity index (χ4v) is 2.59. The second-order valence-corrected chi connectivity index (χ2v) is 5.29. The minimum absolute atomic E-state index is 0.371. The molecule has 0 aliphatic heterocycles. The van der Waals surface area contributed by atoms with Gasteiger partial charge in [-0.2, -0.15) is 0 Å². The molecule has 0 saturated heterocycles. The van der Waals surface area contributed by atoms with Crippen molar-refractivity contribution >= 4 is 11.8 Å². The minimum atomic E-state index is -0.371. The van der Waals surface area contributed by atoms with Crippen molar-refractivity contribution in [3.05, 3.63) is 29.8 Å². The van der Waals surface area contributed by atoms with Crippen molar-refractivity contribution < 1.29 is 5.11 Å². The molecule has 3 heteroatoms. The Morgan fingerprint density at radius 2 is 1.76 bits per heavy atom. The van der Waals surface area contributed by atoms with Gasteiger partial charge >= 0.3 is 0 Å². The van der Waals surface area contributed by atoms with Gasteiger partial charge in [-0.05, 0) is 37.7 Å². The van der Waals surface area contributed by atoms with Crippen LogP contribution in [0.1, 0.15) is 32.4 Å². The molecule has 0 unspecified atom stereocenters. The van der Waals surface area contributed by atoms with E-state index in [4.69, 9.17) is 0 Å². The third-order valence-corrected chi connectivity index (χ3v) is 3.93. The monoisotopic (exact) mass is 253 g/mol. The summed E-state index contributed by atoms with van der Waals surface area (Å²) >= 11 is 1.88. The topological polar surface area (TPSA) is 23.5 Å². The summed E-state index contributed by atoms with van der Waals surface area (Å²) in [5.41, 5.74) is 0.984. The van der Waals surface area contributed by atoms with E-state index >= 15 is 0 Å². The first-order chi connectivity index (χ1) is 8.17. The molecule has 1 aromatic rings. The van der Waals surface area contributed by atoms with E-state index in [0.717, 1.165) is 31.0 Å². The van der Waals surface area contributed by atoms with Crippen LogP contribution in [0.15, 0.2) is 29.2 Å². The quantitative estimate of drug-likeness (QED) is 0.755. The molecule has 0 amide bonds. The molecule has 0 aliphatic carbocycles. The van der Waals surface area contributed by atoms with E-state index in [9.17, 15) is 5.11 Å². The zero-order chi connectivity index (χ0) is 12.7. The Kier molecular flexibility index (Phi) is 6.63. The number of nitrogens with zero attached hydrogens (tertiary/aromatic N) is 1. The first-order valence-electron chi connectivity index (χ1n) is 6.30. The second-order valence-electron chi connectivity index (χ2n) is 4.12. The molecule has 0 aromatic heterocycles. The van der Waals surface area contributed by atoms with Crippen molar-refractivity contribution in [1.29, 1.82) is 0 Å². The van der Waals surface area contributed by atoms with Crippen molar-refractivity contribution in [2.24, 2.45) is 0 Å². The van der Waals surface area contributed by atoms with Gasteiger partial charge in [-0.3, -0.25) is 0 Å². The summed E-state index contributed by atoms with van der Waals surface area (Å²) in [4.78, 5) is 3.71. The van der Waals surface area contributed by atoms with Crippen LogP contribution >= 0.6 is 11.8 Å². The van der Waals surface area contributed by atoms with Gasteiger partial charge < -0.3 is 10.0 Å². The zero-order valence-electron chi connectivity index (χ0n) is 11.0. The van der Waals surface area contributed by atoms with E-state index in [1.165, 1.54) is 4.90 Å². The summed E-state index contributed by atoms with van der Waals surface area (Å²) < 4.78 is 0. The summed E-state index contributed by atoms with van der Waals surface area (Å²) in [5.74, 6) is 1.12. The van der Waals surface area contributed by atoms with Gasteiger partial charge in [-0.25, -0.2) is 0 Å². The number of hydrogen-bond donors (Lipinski definition) is 1. The van der Waals surface area contributed by atoms with Gasteiger partial charge in [0.25, 0.3) is 0 Å². The van der Waals surface area contributed by atoms with Crippen molar-refractivity contribution in [2.75, 3.05) is 25.4 Å². The number of aliphatic hydroxyl groups is 1. The summed E-state index contributed by atoms with van der Waals surface area (Å²) in [6.45, 7) is 9.57. The van der Waals surface area contributed by atoms with E-state index < -0.39 is 0 Å². The van der Waals surface area contributed by atoms with Gasteiger partial charge in [0.2, 0.25) is 0 Å². The highest BCUT2D eigenvalue weighted by atomic mass is 32.2. The molecule has 17 heavy (non-hydrogen) atoms. The summed E-state index contributed by atoms with van der Waals surface area (Å²) in [6, 6.07) is 8.19. The Hall–Kier alpha value is -0.510. The fourth-order valence-electron chi connectivity index (χ4n) is 1.67. The highest BCUT2D eigenvalue weighted by molar-refractivity contribution is 7.99. The van der Waals surface area contributed by atoms with E-state index in [2.05, 4.69) is 30.9 Å². The molecule has 2 nitrogen and oxygen atoms in total. The normalized spacial score (nSPS) is 13.0. The van der Waals surface area contributed by atoms with Crippen LogP contribution in [-0.2, 0) is 0 Å². The van der Waals surface area contributed by atoms with Crippen molar-refractivity contribution in [2.45, 2.75) is 31.8 Å². The van der Waals surface area contributed by atoms with Crippen LogP contribution in [-0.4, -0.2) is 35.4 Å². The molecule has 96 valence electrons. The maximum Gasteiger partial charge on any atom is 0.0761 e. The average molecular weight is 253 g/mol. The van der Waals surface area contributed by atoms with Crippen molar-refractivity contribution in [3.8, 4) is 0 Å². The molecule has 0 radical (unpaired) electrons. The van der Waals surface area contributed by atoms with Crippen LogP contribution in [0.5, 0.6) is 0 Å². The van der Waals surface area contributed by atoms with Crippen LogP contribution < -0.4 is 0 Å². The maximum absolute atomic E-state index is 9.41. The molecule has 1 atom stereocenters. The highest BCUT2D eigenvalue weighted by Crippen LogP contribution is 2.20. The molecule has 1 rings (SSSR count). The van der Waals surface area contributed by atoms with E-state index in [1.807, 2.05) is 23.9 Å². The van der Waals surface area contributed by atoms with Gasteiger partial charge in [0.05, 0.1) is 6.10 Å². The third-order valence-electron chi connectivity index (χ3n) is 2.93. The lowest BCUT2D eigenvalue weighted by molar-refractivity contribution is 0.199. The smallest absolute Gasteiger partial charge is 0.0761 e. The van der Waals surface area contributed by atoms with Crippen LogP contribution in [0.4, 0.5) is 0 Å². The Bertz CT molecular complexity index is 307. The number of thioether (sulfide) groups is 1. The highest BCUT2D eigenvalue weighted by Gasteiger charge is 2.02. The summed E-state index contributed by atoms with van der Waals surface area (Å²) in [7, 11) is 0. The van der Waals surface area contributed by atoms with Gasteiger partial charge in [-0.1, -0.05) is 26.0 Å². The zero-order valence-corrected chi connectivity index (χ0v) is 11.8. The first-order valence-corrected chi connectivity index (χ1v) is 7.29. The third kappa shape index (κ3) is 5.11. The van der Waals surface area contributed by atoms with E-state index in [1.54, 1.807) is 6.92 Å². The predicted molar refractivity (Wildman–Crippen MR) is 75.6 cm³/mol.